The molecule has 2 N–H and O–H groups in total. The minimum absolute atomic E-state index is 0.190. The van der Waals surface area contributed by atoms with E-state index >= 15 is 0 Å². The Morgan fingerprint density at radius 1 is 1.09 bits per heavy atom. The van der Waals surface area contributed by atoms with Crippen LogP contribution >= 0.6 is 0 Å². The summed E-state index contributed by atoms with van der Waals surface area (Å²) in [4.78, 5) is 20.8. The van der Waals surface area contributed by atoms with Crippen molar-refractivity contribution in [1.82, 2.24) is 4.90 Å². The van der Waals surface area contributed by atoms with Gasteiger partial charge < -0.3 is 24.6 Å². The molecule has 2 atom stereocenters. The molecule has 7 heteroatoms. The normalized spacial score (nSPS) is 19.0. The number of rotatable bonds is 9. The Bertz CT molecular complexity index is 671. The van der Waals surface area contributed by atoms with Gasteiger partial charge in [-0.3, -0.25) is 0 Å². The monoisotopic (exact) mass is 451 g/mol. The van der Waals surface area contributed by atoms with Crippen LogP contribution in [-0.4, -0.2) is 66.5 Å². The van der Waals surface area contributed by atoms with Crippen molar-refractivity contribution in [3.8, 4) is 5.75 Å². The van der Waals surface area contributed by atoms with E-state index < -0.39 is 11.9 Å². The predicted molar refractivity (Wildman–Crippen MR) is 125 cm³/mol. The summed E-state index contributed by atoms with van der Waals surface area (Å²) in [7, 11) is 1.86. The third-order valence-corrected chi connectivity index (χ3v) is 5.82. The molecule has 1 aliphatic heterocycles. The number of carboxylic acid groups (broad SMARTS) is 2. The van der Waals surface area contributed by atoms with Crippen LogP contribution in [-0.2, 0) is 19.7 Å². The Hall–Kier alpha value is -2.12. The van der Waals surface area contributed by atoms with Crippen molar-refractivity contribution < 1.29 is 29.3 Å². The Balaban J connectivity index is 0.000000751. The maximum absolute atomic E-state index is 9.10. The van der Waals surface area contributed by atoms with E-state index in [2.05, 4.69) is 56.9 Å². The quantitative estimate of drug-likeness (QED) is 0.423. The molecule has 2 rings (SSSR count). The molecule has 0 aromatic heterocycles. The molecule has 1 heterocycles. The molecular formula is C25H41NO6. The number of piperidine rings is 1. The van der Waals surface area contributed by atoms with Gasteiger partial charge in [0.25, 0.3) is 0 Å². The van der Waals surface area contributed by atoms with Crippen molar-refractivity contribution >= 4 is 11.9 Å². The van der Waals surface area contributed by atoms with Gasteiger partial charge in [-0.25, -0.2) is 9.59 Å². The first kappa shape index (κ1) is 27.9. The zero-order valence-electron chi connectivity index (χ0n) is 20.3. The summed E-state index contributed by atoms with van der Waals surface area (Å²) < 4.78 is 11.8. The Labute approximate surface area is 192 Å². The summed E-state index contributed by atoms with van der Waals surface area (Å²) in [6.07, 6.45) is 6.57. The number of benzene rings is 1. The topological polar surface area (TPSA) is 96.3 Å². The van der Waals surface area contributed by atoms with Crippen LogP contribution in [0.4, 0.5) is 0 Å². The summed E-state index contributed by atoms with van der Waals surface area (Å²) in [6.45, 7) is 13.2. The van der Waals surface area contributed by atoms with Gasteiger partial charge in [0.15, 0.2) is 0 Å². The zero-order chi connectivity index (χ0) is 24.1. The van der Waals surface area contributed by atoms with Crippen molar-refractivity contribution in [2.45, 2.75) is 71.3 Å². The lowest BCUT2D eigenvalue weighted by molar-refractivity contribution is -0.159. The maximum Gasteiger partial charge on any atom is 0.414 e. The summed E-state index contributed by atoms with van der Waals surface area (Å²) in [5.41, 5.74) is 1.54. The van der Waals surface area contributed by atoms with Crippen LogP contribution < -0.4 is 4.74 Å². The number of likely N-dealkylation sites (tertiary alicyclic amines) is 1. The van der Waals surface area contributed by atoms with Gasteiger partial charge in [0.1, 0.15) is 5.75 Å². The van der Waals surface area contributed by atoms with Crippen molar-refractivity contribution in [2.24, 2.45) is 5.92 Å². The lowest BCUT2D eigenvalue weighted by atomic mass is 9.87. The molecule has 32 heavy (non-hydrogen) atoms. The average molecular weight is 452 g/mol. The van der Waals surface area contributed by atoms with E-state index in [1.807, 2.05) is 7.11 Å². The smallest absolute Gasteiger partial charge is 0.414 e. The molecule has 0 spiro atoms. The van der Waals surface area contributed by atoms with Gasteiger partial charge in [-0.1, -0.05) is 52.7 Å². The second-order valence-electron chi connectivity index (χ2n) is 9.35. The molecule has 0 amide bonds. The fourth-order valence-corrected chi connectivity index (χ4v) is 3.79. The molecule has 0 unspecified atom stereocenters. The maximum atomic E-state index is 9.10. The summed E-state index contributed by atoms with van der Waals surface area (Å²) >= 11 is 0. The highest BCUT2D eigenvalue weighted by atomic mass is 16.5. The number of nitrogens with zero attached hydrogens (tertiary/aromatic N) is 1. The second-order valence-corrected chi connectivity index (χ2v) is 9.35. The van der Waals surface area contributed by atoms with Gasteiger partial charge in [0.05, 0.1) is 12.7 Å². The van der Waals surface area contributed by atoms with Gasteiger partial charge >= 0.3 is 11.9 Å². The Morgan fingerprint density at radius 2 is 1.72 bits per heavy atom. The molecule has 1 aliphatic rings. The number of methoxy groups -OCH3 is 1. The first-order valence-electron chi connectivity index (χ1n) is 11.5. The summed E-state index contributed by atoms with van der Waals surface area (Å²) in [5.74, 6) is -2.06. The van der Waals surface area contributed by atoms with Crippen LogP contribution in [0.3, 0.4) is 0 Å². The van der Waals surface area contributed by atoms with E-state index in [4.69, 9.17) is 29.3 Å². The van der Waals surface area contributed by atoms with Gasteiger partial charge in [0, 0.05) is 13.7 Å². The van der Waals surface area contributed by atoms with Gasteiger partial charge in [-0.05, 0) is 61.4 Å². The predicted octanol–water partition coefficient (Wildman–Crippen LogP) is 4.44. The van der Waals surface area contributed by atoms with Gasteiger partial charge in [-0.2, -0.15) is 0 Å². The summed E-state index contributed by atoms with van der Waals surface area (Å²) in [6, 6.07) is 8.57. The van der Waals surface area contributed by atoms with Crippen molar-refractivity contribution in [3.05, 3.63) is 29.8 Å². The van der Waals surface area contributed by atoms with E-state index in [0.717, 1.165) is 25.3 Å². The fourth-order valence-electron chi connectivity index (χ4n) is 3.79. The average Bonchev–Trinajstić information content (AvgIpc) is 2.74. The zero-order valence-corrected chi connectivity index (χ0v) is 20.3. The Kier molecular flexibility index (Phi) is 12.3. The standard InChI is InChI=1S/C23H39NO2.C2H2O4/c1-6-7-8-15-24-16-13-19(22(18-24)25-5)14-17-26-21-11-9-20(10-12-21)23(2,3)4;3-1(4)2(5)6/h9-12,19,22H,6-8,13-18H2,1-5H3;(H,3,4)(H,5,6)/t19-,22-;/m1./s1. The molecule has 0 saturated carbocycles. The highest BCUT2D eigenvalue weighted by Crippen LogP contribution is 2.26. The highest BCUT2D eigenvalue weighted by molar-refractivity contribution is 6.27. The first-order valence-corrected chi connectivity index (χ1v) is 11.5. The molecule has 182 valence electrons. The molecule has 0 bridgehead atoms. The number of hydrogen-bond donors (Lipinski definition) is 2. The SMILES string of the molecule is CCCCCN1CC[C@H](CCOc2ccc(C(C)(C)C)cc2)[C@H](OC)C1.O=C(O)C(=O)O. The van der Waals surface area contributed by atoms with Gasteiger partial charge in [0.2, 0.25) is 0 Å². The lowest BCUT2D eigenvalue weighted by Gasteiger charge is -2.37. The van der Waals surface area contributed by atoms with Crippen LogP contribution in [0.5, 0.6) is 5.75 Å². The first-order chi connectivity index (χ1) is 15.1. The van der Waals surface area contributed by atoms with E-state index in [0.29, 0.717) is 12.0 Å². The van der Waals surface area contributed by atoms with Crippen molar-refractivity contribution in [1.29, 1.82) is 0 Å². The molecule has 1 aromatic carbocycles. The minimum atomic E-state index is -1.82. The largest absolute Gasteiger partial charge is 0.494 e. The van der Waals surface area contributed by atoms with E-state index in [1.165, 1.54) is 44.3 Å². The fraction of sp³-hybridized carbons (Fsp3) is 0.680. The molecule has 1 aromatic rings. The summed E-state index contributed by atoms with van der Waals surface area (Å²) in [5, 5.41) is 14.8. The Morgan fingerprint density at radius 3 is 2.22 bits per heavy atom. The second kappa shape index (κ2) is 14.1. The number of carboxylic acids is 2. The molecule has 1 fully saturated rings. The van der Waals surface area contributed by atoms with Crippen molar-refractivity contribution in [3.63, 3.8) is 0 Å². The number of ether oxygens (including phenoxy) is 2. The molecule has 1 saturated heterocycles. The molecular weight excluding hydrogens is 410 g/mol. The number of aliphatic carboxylic acids is 2. The van der Waals surface area contributed by atoms with Crippen LogP contribution in [0.2, 0.25) is 0 Å². The van der Waals surface area contributed by atoms with E-state index in [-0.39, 0.29) is 5.41 Å². The van der Waals surface area contributed by atoms with E-state index in [9.17, 15) is 0 Å². The highest BCUT2D eigenvalue weighted by Gasteiger charge is 2.28. The van der Waals surface area contributed by atoms with Gasteiger partial charge in [-0.15, -0.1) is 0 Å². The number of hydrogen-bond acceptors (Lipinski definition) is 5. The number of unbranched alkanes of at least 4 members (excludes halogenated alkanes) is 2. The third-order valence-electron chi connectivity index (χ3n) is 5.82. The molecule has 0 radical (unpaired) electrons. The van der Waals surface area contributed by atoms with Crippen LogP contribution in [0, 0.1) is 5.92 Å². The minimum Gasteiger partial charge on any atom is -0.494 e. The van der Waals surface area contributed by atoms with E-state index in [1.54, 1.807) is 0 Å². The van der Waals surface area contributed by atoms with Crippen LogP contribution in [0.15, 0.2) is 24.3 Å². The number of carbonyl (C=O) groups is 2. The van der Waals surface area contributed by atoms with Crippen molar-refractivity contribution in [2.75, 3.05) is 33.4 Å². The van der Waals surface area contributed by atoms with Crippen LogP contribution in [0.25, 0.3) is 0 Å². The van der Waals surface area contributed by atoms with Crippen LogP contribution in [0.1, 0.15) is 65.4 Å². The third kappa shape index (κ3) is 10.5. The lowest BCUT2D eigenvalue weighted by Crippen LogP contribution is -2.45. The molecule has 7 nitrogen and oxygen atoms in total. The molecule has 0 aliphatic carbocycles.